The zero-order valence-corrected chi connectivity index (χ0v) is 10.5. The van der Waals surface area contributed by atoms with Gasteiger partial charge < -0.3 is 4.74 Å². The molecule has 1 aromatic carbocycles. The summed E-state index contributed by atoms with van der Waals surface area (Å²) in [6, 6.07) is 6.63. The second-order valence-corrected chi connectivity index (χ2v) is 4.49. The quantitative estimate of drug-likeness (QED) is 0.746. The van der Waals surface area contributed by atoms with Crippen molar-refractivity contribution in [3.8, 4) is 0 Å². The Morgan fingerprint density at radius 1 is 1.17 bits per heavy atom. The third-order valence-electron chi connectivity index (χ3n) is 3.35. The van der Waals surface area contributed by atoms with Gasteiger partial charge in [-0.05, 0) is 37.3 Å². The lowest BCUT2D eigenvalue weighted by Crippen LogP contribution is -2.07. The summed E-state index contributed by atoms with van der Waals surface area (Å²) in [5.74, 6) is -0.592. The molecule has 0 saturated carbocycles. The number of halogens is 1. The monoisotopic (exact) mass is 248 g/mol. The standard InChI is InChI=1S/C15H17FO2/c1-18-15(17)13-9-4-2-3-7-11(13)12-8-5-6-10-14(12)16/h5-6,8,10H,2-4,7,9H2,1H3. The molecule has 0 spiro atoms. The molecule has 0 amide bonds. The van der Waals surface area contributed by atoms with E-state index >= 15 is 0 Å². The van der Waals surface area contributed by atoms with Gasteiger partial charge in [0.15, 0.2) is 0 Å². The van der Waals surface area contributed by atoms with E-state index in [2.05, 4.69) is 0 Å². The SMILES string of the molecule is COC(=O)C1=C(c2ccccc2F)CCCCC1. The Bertz CT molecular complexity index is 477. The van der Waals surface area contributed by atoms with Crippen LogP contribution in [0.2, 0.25) is 0 Å². The molecule has 0 bridgehead atoms. The van der Waals surface area contributed by atoms with E-state index in [-0.39, 0.29) is 11.8 Å². The van der Waals surface area contributed by atoms with Crippen molar-refractivity contribution in [2.75, 3.05) is 7.11 Å². The normalized spacial score (nSPS) is 16.3. The van der Waals surface area contributed by atoms with Gasteiger partial charge in [0.25, 0.3) is 0 Å². The fourth-order valence-corrected chi connectivity index (χ4v) is 2.43. The second-order valence-electron chi connectivity index (χ2n) is 4.49. The number of hydrogen-bond acceptors (Lipinski definition) is 2. The van der Waals surface area contributed by atoms with Gasteiger partial charge in [0, 0.05) is 11.1 Å². The van der Waals surface area contributed by atoms with Crippen molar-refractivity contribution in [3.63, 3.8) is 0 Å². The zero-order valence-electron chi connectivity index (χ0n) is 10.5. The molecule has 1 aliphatic rings. The summed E-state index contributed by atoms with van der Waals surface area (Å²) in [6.45, 7) is 0. The summed E-state index contributed by atoms with van der Waals surface area (Å²) in [7, 11) is 1.37. The zero-order chi connectivity index (χ0) is 13.0. The predicted molar refractivity (Wildman–Crippen MR) is 68.4 cm³/mol. The second kappa shape index (κ2) is 5.80. The first kappa shape index (κ1) is 12.8. The van der Waals surface area contributed by atoms with Crippen LogP contribution in [0.1, 0.15) is 37.7 Å². The minimum absolute atomic E-state index is 0.268. The number of carbonyl (C=O) groups excluding carboxylic acids is 1. The van der Waals surface area contributed by atoms with Gasteiger partial charge in [-0.3, -0.25) is 0 Å². The molecule has 2 rings (SSSR count). The van der Waals surface area contributed by atoms with Crippen molar-refractivity contribution in [2.24, 2.45) is 0 Å². The first-order valence-electron chi connectivity index (χ1n) is 6.29. The molecule has 96 valence electrons. The molecule has 0 heterocycles. The van der Waals surface area contributed by atoms with Crippen LogP contribution in [0, 0.1) is 5.82 Å². The molecule has 1 aromatic rings. The Labute approximate surface area is 106 Å². The lowest BCUT2D eigenvalue weighted by molar-refractivity contribution is -0.136. The van der Waals surface area contributed by atoms with Crippen LogP contribution >= 0.6 is 0 Å². The summed E-state index contributed by atoms with van der Waals surface area (Å²) in [5, 5.41) is 0. The third-order valence-corrected chi connectivity index (χ3v) is 3.35. The Morgan fingerprint density at radius 2 is 1.89 bits per heavy atom. The summed E-state index contributed by atoms with van der Waals surface area (Å²) < 4.78 is 18.7. The molecule has 2 nitrogen and oxygen atoms in total. The number of allylic oxidation sites excluding steroid dienone is 1. The average molecular weight is 248 g/mol. The first-order chi connectivity index (χ1) is 8.74. The smallest absolute Gasteiger partial charge is 0.334 e. The number of methoxy groups -OCH3 is 1. The molecule has 18 heavy (non-hydrogen) atoms. The fraction of sp³-hybridized carbons (Fsp3) is 0.400. The number of ether oxygens (including phenoxy) is 1. The van der Waals surface area contributed by atoms with Crippen molar-refractivity contribution in [1.29, 1.82) is 0 Å². The van der Waals surface area contributed by atoms with Crippen LogP contribution in [0.3, 0.4) is 0 Å². The van der Waals surface area contributed by atoms with Gasteiger partial charge in [-0.25, -0.2) is 9.18 Å². The highest BCUT2D eigenvalue weighted by molar-refractivity contribution is 5.97. The van der Waals surface area contributed by atoms with Crippen LogP contribution in [0.15, 0.2) is 29.8 Å². The van der Waals surface area contributed by atoms with Gasteiger partial charge in [0.1, 0.15) is 5.82 Å². The Hall–Kier alpha value is -1.64. The third kappa shape index (κ3) is 2.61. The summed E-state index contributed by atoms with van der Waals surface area (Å²) in [4.78, 5) is 11.8. The van der Waals surface area contributed by atoms with Gasteiger partial charge in [-0.2, -0.15) is 0 Å². The van der Waals surface area contributed by atoms with Gasteiger partial charge in [-0.1, -0.05) is 24.6 Å². The number of hydrogen-bond donors (Lipinski definition) is 0. The highest BCUT2D eigenvalue weighted by atomic mass is 19.1. The molecule has 3 heteroatoms. The fourth-order valence-electron chi connectivity index (χ4n) is 2.43. The maximum atomic E-state index is 13.9. The van der Waals surface area contributed by atoms with Crippen LogP contribution in [0.25, 0.3) is 5.57 Å². The van der Waals surface area contributed by atoms with E-state index in [1.807, 2.05) is 0 Å². The van der Waals surface area contributed by atoms with E-state index in [0.29, 0.717) is 17.6 Å². The minimum atomic E-state index is -0.324. The first-order valence-corrected chi connectivity index (χ1v) is 6.29. The van der Waals surface area contributed by atoms with Crippen molar-refractivity contribution in [3.05, 3.63) is 41.2 Å². The minimum Gasteiger partial charge on any atom is -0.466 e. The van der Waals surface area contributed by atoms with Crippen molar-refractivity contribution < 1.29 is 13.9 Å². The van der Waals surface area contributed by atoms with Crippen LogP contribution in [0.4, 0.5) is 4.39 Å². The molecule has 0 aromatic heterocycles. The van der Waals surface area contributed by atoms with E-state index in [9.17, 15) is 9.18 Å². The topological polar surface area (TPSA) is 26.3 Å². The Kier molecular flexibility index (Phi) is 4.13. The van der Waals surface area contributed by atoms with E-state index in [4.69, 9.17) is 4.74 Å². The lowest BCUT2D eigenvalue weighted by Gasteiger charge is -2.12. The van der Waals surface area contributed by atoms with Gasteiger partial charge in [-0.15, -0.1) is 0 Å². The number of esters is 1. The molecular weight excluding hydrogens is 231 g/mol. The van der Waals surface area contributed by atoms with Gasteiger partial charge in [0.05, 0.1) is 7.11 Å². The molecule has 0 fully saturated rings. The molecule has 0 N–H and O–H groups in total. The van der Waals surface area contributed by atoms with E-state index in [1.54, 1.807) is 18.2 Å². The molecule has 1 aliphatic carbocycles. The maximum absolute atomic E-state index is 13.9. The van der Waals surface area contributed by atoms with Crippen LogP contribution < -0.4 is 0 Å². The Morgan fingerprint density at radius 3 is 2.61 bits per heavy atom. The highest BCUT2D eigenvalue weighted by Crippen LogP contribution is 2.33. The average Bonchev–Trinajstić information content (AvgIpc) is 2.64. The molecule has 0 atom stereocenters. The Balaban J connectivity index is 2.50. The van der Waals surface area contributed by atoms with E-state index < -0.39 is 0 Å². The number of benzene rings is 1. The largest absolute Gasteiger partial charge is 0.466 e. The highest BCUT2D eigenvalue weighted by Gasteiger charge is 2.21. The van der Waals surface area contributed by atoms with Crippen LogP contribution in [0.5, 0.6) is 0 Å². The van der Waals surface area contributed by atoms with Gasteiger partial charge >= 0.3 is 5.97 Å². The molecule has 0 unspecified atom stereocenters. The van der Waals surface area contributed by atoms with E-state index in [1.165, 1.54) is 13.2 Å². The van der Waals surface area contributed by atoms with Crippen LogP contribution in [-0.4, -0.2) is 13.1 Å². The van der Waals surface area contributed by atoms with Crippen molar-refractivity contribution in [1.82, 2.24) is 0 Å². The van der Waals surface area contributed by atoms with E-state index in [0.717, 1.165) is 31.3 Å². The summed E-state index contributed by atoms with van der Waals surface area (Å²) in [6.07, 6.45) is 4.44. The number of rotatable bonds is 2. The molecule has 0 aliphatic heterocycles. The molecule has 0 radical (unpaired) electrons. The summed E-state index contributed by atoms with van der Waals surface area (Å²) in [5.41, 5.74) is 2.00. The maximum Gasteiger partial charge on any atom is 0.334 e. The van der Waals surface area contributed by atoms with Crippen molar-refractivity contribution >= 4 is 11.5 Å². The predicted octanol–water partition coefficient (Wildman–Crippen LogP) is 3.72. The number of carbonyl (C=O) groups is 1. The molecular formula is C15H17FO2. The molecule has 0 saturated heterocycles. The lowest BCUT2D eigenvalue weighted by atomic mass is 9.95. The van der Waals surface area contributed by atoms with Crippen molar-refractivity contribution in [2.45, 2.75) is 32.1 Å². The summed E-state index contributed by atoms with van der Waals surface area (Å²) >= 11 is 0. The van der Waals surface area contributed by atoms with Crippen LogP contribution in [-0.2, 0) is 9.53 Å². The van der Waals surface area contributed by atoms with Gasteiger partial charge in [0.2, 0.25) is 0 Å².